The maximum Gasteiger partial charge on any atom is 0.128 e. The number of nitrogens with zero attached hydrogens (tertiary/aromatic N) is 1. The van der Waals surface area contributed by atoms with Gasteiger partial charge >= 0.3 is 0 Å². The highest BCUT2D eigenvalue weighted by Gasteiger charge is 2.19. The first-order valence-electron chi connectivity index (χ1n) is 7.88. The van der Waals surface area contributed by atoms with Gasteiger partial charge in [0.2, 0.25) is 0 Å². The lowest BCUT2D eigenvalue weighted by Gasteiger charge is -2.25. The lowest BCUT2D eigenvalue weighted by Crippen LogP contribution is -2.27. The molecule has 1 aromatic heterocycles. The number of rotatable bonds is 6. The van der Waals surface area contributed by atoms with Gasteiger partial charge in [0.25, 0.3) is 0 Å². The van der Waals surface area contributed by atoms with Crippen molar-refractivity contribution >= 4 is 0 Å². The third kappa shape index (κ3) is 5.66. The molecular formula is C18H32N2O. The SMILES string of the molecule is COc1c(C)cnc(CC(N)CC(C)CC(C)(C)C)c1C. The zero-order valence-corrected chi connectivity index (χ0v) is 14.8. The fourth-order valence-corrected chi connectivity index (χ4v) is 3.25. The van der Waals surface area contributed by atoms with Crippen LogP contribution in [0.5, 0.6) is 5.75 Å². The van der Waals surface area contributed by atoms with Crippen LogP contribution in [0, 0.1) is 25.2 Å². The monoisotopic (exact) mass is 292 g/mol. The lowest BCUT2D eigenvalue weighted by atomic mass is 9.82. The van der Waals surface area contributed by atoms with Crippen LogP contribution < -0.4 is 10.5 Å². The minimum absolute atomic E-state index is 0.154. The van der Waals surface area contributed by atoms with Gasteiger partial charge in [-0.1, -0.05) is 27.7 Å². The zero-order valence-electron chi connectivity index (χ0n) is 14.8. The average Bonchev–Trinajstić information content (AvgIpc) is 2.31. The molecule has 2 N–H and O–H groups in total. The van der Waals surface area contributed by atoms with Crippen molar-refractivity contribution in [1.82, 2.24) is 4.98 Å². The number of hydrogen-bond donors (Lipinski definition) is 1. The minimum Gasteiger partial charge on any atom is -0.496 e. The fourth-order valence-electron chi connectivity index (χ4n) is 3.25. The van der Waals surface area contributed by atoms with E-state index in [1.54, 1.807) is 7.11 Å². The maximum atomic E-state index is 6.34. The van der Waals surface area contributed by atoms with Gasteiger partial charge in [-0.25, -0.2) is 0 Å². The number of methoxy groups -OCH3 is 1. The quantitative estimate of drug-likeness (QED) is 0.861. The van der Waals surface area contributed by atoms with Crippen molar-refractivity contribution in [1.29, 1.82) is 0 Å². The molecule has 0 amide bonds. The number of aryl methyl sites for hydroxylation is 1. The van der Waals surface area contributed by atoms with Crippen molar-refractivity contribution in [3.63, 3.8) is 0 Å². The molecule has 1 heterocycles. The first-order chi connectivity index (χ1) is 9.64. The summed E-state index contributed by atoms with van der Waals surface area (Å²) in [7, 11) is 1.71. The molecule has 3 heteroatoms. The third-order valence-electron chi connectivity index (χ3n) is 3.87. The van der Waals surface area contributed by atoms with Crippen molar-refractivity contribution in [3.05, 3.63) is 23.0 Å². The topological polar surface area (TPSA) is 48.1 Å². The Morgan fingerprint density at radius 2 is 1.90 bits per heavy atom. The largest absolute Gasteiger partial charge is 0.496 e. The van der Waals surface area contributed by atoms with Gasteiger partial charge in [-0.3, -0.25) is 4.98 Å². The highest BCUT2D eigenvalue weighted by atomic mass is 16.5. The molecule has 0 bridgehead atoms. The predicted molar refractivity (Wildman–Crippen MR) is 89.8 cm³/mol. The molecule has 0 saturated carbocycles. The molecule has 2 unspecified atom stereocenters. The maximum absolute atomic E-state index is 6.34. The number of pyridine rings is 1. The summed E-state index contributed by atoms with van der Waals surface area (Å²) in [5.41, 5.74) is 9.97. The van der Waals surface area contributed by atoms with Crippen molar-refractivity contribution < 1.29 is 4.74 Å². The molecule has 0 radical (unpaired) electrons. The van der Waals surface area contributed by atoms with E-state index in [0.717, 1.165) is 35.4 Å². The Morgan fingerprint density at radius 1 is 1.29 bits per heavy atom. The number of hydrogen-bond acceptors (Lipinski definition) is 3. The van der Waals surface area contributed by atoms with Crippen molar-refractivity contribution in [3.8, 4) is 5.75 Å². The van der Waals surface area contributed by atoms with Crippen LogP contribution >= 0.6 is 0 Å². The van der Waals surface area contributed by atoms with Crippen LogP contribution in [0.1, 0.15) is 57.4 Å². The van der Waals surface area contributed by atoms with Crippen LogP contribution in [0.4, 0.5) is 0 Å². The summed E-state index contributed by atoms with van der Waals surface area (Å²) in [5, 5.41) is 0. The Hall–Kier alpha value is -1.09. The second-order valence-corrected chi connectivity index (χ2v) is 7.62. The van der Waals surface area contributed by atoms with Gasteiger partial charge in [0, 0.05) is 35.5 Å². The van der Waals surface area contributed by atoms with Gasteiger partial charge in [-0.2, -0.15) is 0 Å². The molecule has 0 aromatic carbocycles. The first-order valence-corrected chi connectivity index (χ1v) is 7.88. The zero-order chi connectivity index (χ0) is 16.2. The van der Waals surface area contributed by atoms with Gasteiger partial charge in [0.1, 0.15) is 5.75 Å². The van der Waals surface area contributed by atoms with E-state index in [-0.39, 0.29) is 6.04 Å². The van der Waals surface area contributed by atoms with E-state index in [4.69, 9.17) is 10.5 Å². The second-order valence-electron chi connectivity index (χ2n) is 7.62. The van der Waals surface area contributed by atoms with Crippen molar-refractivity contribution in [2.24, 2.45) is 17.1 Å². The molecule has 3 nitrogen and oxygen atoms in total. The van der Waals surface area contributed by atoms with Gasteiger partial charge in [-0.05, 0) is 38.0 Å². The minimum atomic E-state index is 0.154. The Kier molecular flexibility index (Phi) is 6.21. The molecule has 21 heavy (non-hydrogen) atoms. The summed E-state index contributed by atoms with van der Waals surface area (Å²) in [6, 6.07) is 0.154. The summed E-state index contributed by atoms with van der Waals surface area (Å²) in [6.45, 7) is 13.2. The van der Waals surface area contributed by atoms with Gasteiger partial charge in [0.15, 0.2) is 0 Å². The van der Waals surface area contributed by atoms with E-state index in [1.807, 2.05) is 13.1 Å². The molecule has 0 aliphatic rings. The van der Waals surface area contributed by atoms with E-state index in [2.05, 4.69) is 39.6 Å². The average molecular weight is 292 g/mol. The van der Waals surface area contributed by atoms with E-state index in [0.29, 0.717) is 11.3 Å². The van der Waals surface area contributed by atoms with Gasteiger partial charge in [0.05, 0.1) is 7.11 Å². The van der Waals surface area contributed by atoms with Crippen LogP contribution in [-0.4, -0.2) is 18.1 Å². The van der Waals surface area contributed by atoms with Gasteiger partial charge < -0.3 is 10.5 Å². The van der Waals surface area contributed by atoms with E-state index >= 15 is 0 Å². The van der Waals surface area contributed by atoms with Crippen LogP contribution in [0.2, 0.25) is 0 Å². The van der Waals surface area contributed by atoms with Crippen molar-refractivity contribution in [2.45, 2.75) is 66.8 Å². The van der Waals surface area contributed by atoms with Crippen LogP contribution in [0.3, 0.4) is 0 Å². The van der Waals surface area contributed by atoms with Crippen LogP contribution in [0.25, 0.3) is 0 Å². The molecule has 120 valence electrons. The van der Waals surface area contributed by atoms with E-state index < -0.39 is 0 Å². The molecule has 0 spiro atoms. The summed E-state index contributed by atoms with van der Waals surface area (Å²) < 4.78 is 5.46. The molecular weight excluding hydrogens is 260 g/mol. The third-order valence-corrected chi connectivity index (χ3v) is 3.87. The Balaban J connectivity index is 2.69. The highest BCUT2D eigenvalue weighted by molar-refractivity contribution is 5.41. The predicted octanol–water partition coefficient (Wildman–Crippen LogP) is 4.04. The van der Waals surface area contributed by atoms with Crippen molar-refractivity contribution in [2.75, 3.05) is 7.11 Å². The molecule has 0 saturated heterocycles. The molecule has 2 atom stereocenters. The summed E-state index contributed by atoms with van der Waals surface area (Å²) >= 11 is 0. The summed E-state index contributed by atoms with van der Waals surface area (Å²) in [4.78, 5) is 4.55. The standard InChI is InChI=1S/C18H32N2O/c1-12(10-18(4,5)6)8-15(19)9-16-14(3)17(21-7)13(2)11-20-16/h11-12,15H,8-10,19H2,1-7H3. The summed E-state index contributed by atoms with van der Waals surface area (Å²) in [6.07, 6.45) is 4.93. The Labute approximate surface area is 130 Å². The first kappa shape index (κ1) is 18.0. The molecule has 0 aliphatic carbocycles. The second kappa shape index (κ2) is 7.26. The van der Waals surface area contributed by atoms with Gasteiger partial charge in [-0.15, -0.1) is 0 Å². The Morgan fingerprint density at radius 3 is 2.43 bits per heavy atom. The number of aromatic nitrogens is 1. The Bertz CT molecular complexity index is 463. The van der Waals surface area contributed by atoms with Crippen LogP contribution in [0.15, 0.2) is 6.20 Å². The molecule has 1 rings (SSSR count). The lowest BCUT2D eigenvalue weighted by molar-refractivity contribution is 0.285. The molecule has 0 fully saturated rings. The molecule has 1 aromatic rings. The smallest absolute Gasteiger partial charge is 0.128 e. The number of nitrogens with two attached hydrogens (primary N) is 1. The summed E-state index contributed by atoms with van der Waals surface area (Å²) in [5.74, 6) is 1.57. The fraction of sp³-hybridized carbons (Fsp3) is 0.722. The normalized spacial score (nSPS) is 14.9. The van der Waals surface area contributed by atoms with E-state index in [1.165, 1.54) is 6.42 Å². The number of ether oxygens (including phenoxy) is 1. The van der Waals surface area contributed by atoms with Crippen LogP contribution in [-0.2, 0) is 6.42 Å². The van der Waals surface area contributed by atoms with E-state index in [9.17, 15) is 0 Å². The molecule has 0 aliphatic heterocycles. The highest BCUT2D eigenvalue weighted by Crippen LogP contribution is 2.28.